The Hall–Kier alpha value is -2.22. The number of furan rings is 1. The van der Waals surface area contributed by atoms with E-state index < -0.39 is 18.1 Å². The smallest absolute Gasteiger partial charge is 0.254 e. The van der Waals surface area contributed by atoms with Crippen molar-refractivity contribution in [1.29, 1.82) is 0 Å². The summed E-state index contributed by atoms with van der Waals surface area (Å²) in [5.41, 5.74) is 1.56. The van der Waals surface area contributed by atoms with Gasteiger partial charge in [0, 0.05) is 18.7 Å². The summed E-state index contributed by atoms with van der Waals surface area (Å²) in [6, 6.07) is 9.19. The van der Waals surface area contributed by atoms with Gasteiger partial charge in [-0.2, -0.15) is 0 Å². The molecule has 0 bridgehead atoms. The predicted octanol–water partition coefficient (Wildman–Crippen LogP) is 2.33. The lowest BCUT2D eigenvalue weighted by Crippen LogP contribution is -2.41. The van der Waals surface area contributed by atoms with Crippen molar-refractivity contribution in [2.75, 3.05) is 6.54 Å². The maximum Gasteiger partial charge on any atom is 0.254 e. The molecule has 0 aliphatic carbocycles. The van der Waals surface area contributed by atoms with Gasteiger partial charge in [-0.3, -0.25) is 4.79 Å². The molecule has 0 radical (unpaired) electrons. The lowest BCUT2D eigenvalue weighted by molar-refractivity contribution is -0.147. The van der Waals surface area contributed by atoms with Crippen LogP contribution in [0, 0.1) is 0 Å². The van der Waals surface area contributed by atoms with Crippen molar-refractivity contribution < 1.29 is 19.4 Å². The second-order valence-electron chi connectivity index (χ2n) is 5.39. The van der Waals surface area contributed by atoms with E-state index in [1.54, 1.807) is 12.3 Å². The Labute approximate surface area is 143 Å². The first-order valence-electron chi connectivity index (χ1n) is 7.61. The number of hydrogen-bond donors (Lipinski definition) is 2. The molecular weight excluding hydrogens is 328 g/mol. The van der Waals surface area contributed by atoms with Gasteiger partial charge in [0.1, 0.15) is 11.1 Å². The van der Waals surface area contributed by atoms with Crippen molar-refractivity contribution in [3.05, 3.63) is 53.4 Å². The molecule has 1 aromatic carbocycles. The fraction of sp³-hybridized carbons (Fsp3) is 0.294. The fourth-order valence-corrected chi connectivity index (χ4v) is 3.41. The molecule has 0 fully saturated rings. The Morgan fingerprint density at radius 1 is 1.33 bits per heavy atom. The summed E-state index contributed by atoms with van der Waals surface area (Å²) >= 11 is 1.27. The Bertz CT molecular complexity index is 782. The summed E-state index contributed by atoms with van der Waals surface area (Å²) in [5.74, 6) is -0.537. The molecule has 2 heterocycles. The van der Waals surface area contributed by atoms with Gasteiger partial charge in [0.15, 0.2) is 6.10 Å². The van der Waals surface area contributed by atoms with Crippen LogP contribution in [-0.4, -0.2) is 38.7 Å². The van der Waals surface area contributed by atoms with Crippen molar-refractivity contribution in [2.45, 2.75) is 25.7 Å². The summed E-state index contributed by atoms with van der Waals surface area (Å²) in [4.78, 5) is 18.3. The lowest BCUT2D eigenvalue weighted by Gasteiger charge is -2.25. The van der Waals surface area contributed by atoms with E-state index in [0.29, 0.717) is 18.1 Å². The van der Waals surface area contributed by atoms with Crippen LogP contribution in [0.3, 0.4) is 0 Å². The number of thiazole rings is 1. The molecule has 0 aliphatic rings. The van der Waals surface area contributed by atoms with Crippen LogP contribution < -0.4 is 0 Å². The number of nitrogens with zero attached hydrogens (tertiary/aromatic N) is 2. The molecule has 2 atom stereocenters. The molecule has 126 valence electrons. The van der Waals surface area contributed by atoms with Crippen LogP contribution in [0.25, 0.3) is 10.2 Å². The number of para-hydroxylation sites is 1. The lowest BCUT2D eigenvalue weighted by atomic mass is 10.1. The van der Waals surface area contributed by atoms with E-state index in [9.17, 15) is 15.0 Å². The molecule has 0 unspecified atom stereocenters. The van der Waals surface area contributed by atoms with E-state index in [1.165, 1.54) is 22.5 Å². The largest absolute Gasteiger partial charge is 0.472 e. The van der Waals surface area contributed by atoms with Crippen LogP contribution >= 0.6 is 11.3 Å². The SMILES string of the molecule is CCN(Cc1ccoc1)C(=O)[C@H](O)[C@@H](O)c1nc2ccccc2s1. The van der Waals surface area contributed by atoms with Crippen LogP contribution in [-0.2, 0) is 11.3 Å². The number of carbonyl (C=O) groups is 1. The van der Waals surface area contributed by atoms with Crippen molar-refractivity contribution in [3.8, 4) is 0 Å². The Morgan fingerprint density at radius 2 is 2.12 bits per heavy atom. The normalized spacial score (nSPS) is 13.8. The van der Waals surface area contributed by atoms with Gasteiger partial charge in [-0.05, 0) is 25.1 Å². The molecule has 7 heteroatoms. The molecule has 3 rings (SSSR count). The summed E-state index contributed by atoms with van der Waals surface area (Å²) in [7, 11) is 0. The minimum Gasteiger partial charge on any atom is -0.472 e. The standard InChI is InChI=1S/C17H18N2O4S/c1-2-19(9-11-7-8-23-10-11)17(22)15(21)14(20)16-18-12-5-3-4-6-13(12)24-16/h3-8,10,14-15,20-21H,2,9H2,1H3/t14-,15-/m1/s1. The van der Waals surface area contributed by atoms with Crippen LogP contribution in [0.15, 0.2) is 47.3 Å². The van der Waals surface area contributed by atoms with Gasteiger partial charge in [-0.25, -0.2) is 4.98 Å². The third-order valence-electron chi connectivity index (χ3n) is 3.76. The minimum absolute atomic E-state index is 0.315. The fourth-order valence-electron chi connectivity index (χ4n) is 2.42. The van der Waals surface area contributed by atoms with Gasteiger partial charge >= 0.3 is 0 Å². The summed E-state index contributed by atoms with van der Waals surface area (Å²) < 4.78 is 5.89. The van der Waals surface area contributed by atoms with Crippen molar-refractivity contribution in [3.63, 3.8) is 0 Å². The number of aliphatic hydroxyl groups is 2. The number of hydrogen-bond acceptors (Lipinski definition) is 6. The topological polar surface area (TPSA) is 86.8 Å². The highest BCUT2D eigenvalue weighted by Gasteiger charge is 2.31. The minimum atomic E-state index is -1.56. The first-order chi connectivity index (χ1) is 11.6. The average molecular weight is 346 g/mol. The first-order valence-corrected chi connectivity index (χ1v) is 8.43. The Kier molecular flexibility index (Phi) is 4.94. The number of aliphatic hydroxyl groups excluding tert-OH is 2. The maximum atomic E-state index is 12.5. The monoisotopic (exact) mass is 346 g/mol. The van der Waals surface area contributed by atoms with Gasteiger partial charge < -0.3 is 19.5 Å². The number of benzene rings is 1. The third kappa shape index (κ3) is 3.33. The highest BCUT2D eigenvalue weighted by molar-refractivity contribution is 7.18. The van der Waals surface area contributed by atoms with Gasteiger partial charge in [0.25, 0.3) is 5.91 Å². The number of aromatic nitrogens is 1. The van der Waals surface area contributed by atoms with Gasteiger partial charge in [-0.15, -0.1) is 11.3 Å². The number of amides is 1. The molecule has 2 N–H and O–H groups in total. The molecular formula is C17H18N2O4S. The highest BCUT2D eigenvalue weighted by atomic mass is 32.1. The zero-order chi connectivity index (χ0) is 17.1. The molecule has 0 saturated heterocycles. The zero-order valence-corrected chi connectivity index (χ0v) is 13.9. The highest BCUT2D eigenvalue weighted by Crippen LogP contribution is 2.28. The molecule has 2 aromatic heterocycles. The van der Waals surface area contributed by atoms with E-state index in [-0.39, 0.29) is 0 Å². The molecule has 24 heavy (non-hydrogen) atoms. The predicted molar refractivity (Wildman–Crippen MR) is 90.4 cm³/mol. The van der Waals surface area contributed by atoms with E-state index in [2.05, 4.69) is 4.98 Å². The molecule has 0 saturated carbocycles. The molecule has 0 aliphatic heterocycles. The average Bonchev–Trinajstić information content (AvgIpc) is 3.26. The first kappa shape index (κ1) is 16.6. The number of fused-ring (bicyclic) bond motifs is 1. The molecule has 0 spiro atoms. The Balaban J connectivity index is 1.75. The second-order valence-corrected chi connectivity index (χ2v) is 6.46. The van der Waals surface area contributed by atoms with E-state index in [0.717, 1.165) is 15.8 Å². The second kappa shape index (κ2) is 7.12. The van der Waals surface area contributed by atoms with Gasteiger partial charge in [0.2, 0.25) is 0 Å². The molecule has 6 nitrogen and oxygen atoms in total. The van der Waals surface area contributed by atoms with Crippen LogP contribution in [0.2, 0.25) is 0 Å². The number of rotatable bonds is 6. The van der Waals surface area contributed by atoms with Crippen LogP contribution in [0.5, 0.6) is 0 Å². The number of likely N-dealkylation sites (N-methyl/N-ethyl adjacent to an activating group) is 1. The van der Waals surface area contributed by atoms with E-state index in [1.807, 2.05) is 31.2 Å². The van der Waals surface area contributed by atoms with Crippen molar-refractivity contribution >= 4 is 27.5 Å². The molecule has 3 aromatic rings. The number of carbonyl (C=O) groups excluding carboxylic acids is 1. The van der Waals surface area contributed by atoms with Crippen molar-refractivity contribution in [2.24, 2.45) is 0 Å². The Morgan fingerprint density at radius 3 is 2.79 bits per heavy atom. The summed E-state index contributed by atoms with van der Waals surface area (Å²) in [5, 5.41) is 21.0. The zero-order valence-electron chi connectivity index (χ0n) is 13.1. The third-order valence-corrected chi connectivity index (χ3v) is 4.87. The maximum absolute atomic E-state index is 12.5. The van der Waals surface area contributed by atoms with Gasteiger partial charge in [0.05, 0.1) is 22.7 Å². The molecule has 1 amide bonds. The van der Waals surface area contributed by atoms with E-state index in [4.69, 9.17) is 4.42 Å². The summed E-state index contributed by atoms with van der Waals surface area (Å²) in [6.07, 6.45) is 0.164. The van der Waals surface area contributed by atoms with Crippen LogP contribution in [0.1, 0.15) is 23.6 Å². The van der Waals surface area contributed by atoms with E-state index >= 15 is 0 Å². The quantitative estimate of drug-likeness (QED) is 0.715. The van der Waals surface area contributed by atoms with Crippen molar-refractivity contribution in [1.82, 2.24) is 9.88 Å². The van der Waals surface area contributed by atoms with Gasteiger partial charge in [-0.1, -0.05) is 12.1 Å². The summed E-state index contributed by atoms with van der Waals surface area (Å²) in [6.45, 7) is 2.54. The van der Waals surface area contributed by atoms with Crippen LogP contribution in [0.4, 0.5) is 0 Å².